The van der Waals surface area contributed by atoms with E-state index in [0.29, 0.717) is 11.7 Å². The lowest BCUT2D eigenvalue weighted by Gasteiger charge is -2.18. The van der Waals surface area contributed by atoms with Crippen molar-refractivity contribution < 1.29 is 18.8 Å². The van der Waals surface area contributed by atoms with Gasteiger partial charge in [-0.1, -0.05) is 17.3 Å². The molecule has 1 fully saturated rings. The molecule has 7 heteroatoms. The van der Waals surface area contributed by atoms with Crippen molar-refractivity contribution in [3.8, 4) is 5.75 Å². The summed E-state index contributed by atoms with van der Waals surface area (Å²) < 4.78 is 15.7. The Morgan fingerprint density at radius 2 is 2.24 bits per heavy atom. The molecule has 1 aliphatic heterocycles. The fraction of sp³-hybridized carbons (Fsp3) is 0.389. The third-order valence-corrected chi connectivity index (χ3v) is 4.01. The Bertz CT molecular complexity index is 735. The molecule has 0 atom stereocenters. The quantitative estimate of drug-likeness (QED) is 0.810. The molecule has 1 aromatic heterocycles. The minimum atomic E-state index is -0.228. The van der Waals surface area contributed by atoms with Crippen LogP contribution in [0, 0.1) is 0 Å². The van der Waals surface area contributed by atoms with Crippen molar-refractivity contribution in [1.29, 1.82) is 0 Å². The number of benzene rings is 1. The molecule has 1 saturated heterocycles. The maximum Gasteiger partial charge on any atom is 0.246 e. The third kappa shape index (κ3) is 4.90. The highest BCUT2D eigenvalue weighted by Crippen LogP contribution is 2.24. The first-order valence-corrected chi connectivity index (χ1v) is 8.25. The molecule has 1 aromatic carbocycles. The summed E-state index contributed by atoms with van der Waals surface area (Å²) in [6, 6.07) is 7.46. The number of carbonyl (C=O) groups is 1. The van der Waals surface area contributed by atoms with E-state index in [0.717, 1.165) is 37.4 Å². The fourth-order valence-corrected chi connectivity index (χ4v) is 2.60. The molecule has 2 aromatic rings. The van der Waals surface area contributed by atoms with Crippen LogP contribution in [0.15, 0.2) is 34.9 Å². The van der Waals surface area contributed by atoms with Gasteiger partial charge in [0.05, 0.1) is 13.7 Å². The number of carbonyl (C=O) groups excluding carboxylic acids is 1. The van der Waals surface area contributed by atoms with Gasteiger partial charge in [-0.05, 0) is 36.6 Å². The van der Waals surface area contributed by atoms with E-state index in [-0.39, 0.29) is 18.4 Å². The van der Waals surface area contributed by atoms with Gasteiger partial charge in [-0.2, -0.15) is 4.98 Å². The fourth-order valence-electron chi connectivity index (χ4n) is 2.60. The van der Waals surface area contributed by atoms with Crippen LogP contribution in [0.1, 0.15) is 36.0 Å². The number of methoxy groups -OCH3 is 1. The van der Waals surface area contributed by atoms with Crippen LogP contribution >= 0.6 is 0 Å². The minimum Gasteiger partial charge on any atom is -0.497 e. The summed E-state index contributed by atoms with van der Waals surface area (Å²) in [6.45, 7) is 1.65. The summed E-state index contributed by atoms with van der Waals surface area (Å²) in [4.78, 5) is 16.3. The Labute approximate surface area is 146 Å². The predicted molar refractivity (Wildman–Crippen MR) is 91.0 cm³/mol. The molecule has 1 amide bonds. The molecular formula is C18H21N3O4. The molecule has 0 spiro atoms. The number of hydrogen-bond acceptors (Lipinski definition) is 6. The smallest absolute Gasteiger partial charge is 0.246 e. The first-order chi connectivity index (χ1) is 12.2. The van der Waals surface area contributed by atoms with Crippen molar-refractivity contribution in [2.24, 2.45) is 0 Å². The topological polar surface area (TPSA) is 86.5 Å². The number of aromatic nitrogens is 2. The Balaban J connectivity index is 1.50. The van der Waals surface area contributed by atoms with Gasteiger partial charge >= 0.3 is 0 Å². The molecule has 132 valence electrons. The average Bonchev–Trinajstić information content (AvgIpc) is 3.15. The van der Waals surface area contributed by atoms with Gasteiger partial charge in [0.25, 0.3) is 0 Å². The molecule has 0 unspecified atom stereocenters. The van der Waals surface area contributed by atoms with Crippen molar-refractivity contribution in [3.05, 3.63) is 47.6 Å². The number of nitrogens with zero attached hydrogens (tertiary/aromatic N) is 2. The molecule has 7 nitrogen and oxygen atoms in total. The maximum atomic E-state index is 11.9. The Hall–Kier alpha value is -2.67. The van der Waals surface area contributed by atoms with Gasteiger partial charge in [0.2, 0.25) is 11.8 Å². The highest BCUT2D eigenvalue weighted by molar-refractivity contribution is 5.91. The van der Waals surface area contributed by atoms with Crippen molar-refractivity contribution in [2.45, 2.75) is 25.3 Å². The van der Waals surface area contributed by atoms with Crippen LogP contribution in [0.25, 0.3) is 6.08 Å². The van der Waals surface area contributed by atoms with Gasteiger partial charge in [-0.25, -0.2) is 0 Å². The standard InChI is InChI=1S/C18H21N3O4/c1-23-15-4-2-3-13(11-15)5-6-16(22)19-12-17-20-18(21-25-17)14-7-9-24-10-8-14/h2-6,11,14H,7-10,12H2,1H3,(H,19,22). The summed E-state index contributed by atoms with van der Waals surface area (Å²) in [5.74, 6) is 1.89. The van der Waals surface area contributed by atoms with Crippen LogP contribution in [0.5, 0.6) is 5.75 Å². The van der Waals surface area contributed by atoms with Gasteiger partial charge in [-0.15, -0.1) is 0 Å². The highest BCUT2D eigenvalue weighted by Gasteiger charge is 2.21. The molecule has 2 heterocycles. The van der Waals surface area contributed by atoms with E-state index in [1.165, 1.54) is 6.08 Å². The number of rotatable bonds is 6. The van der Waals surface area contributed by atoms with Gasteiger partial charge < -0.3 is 19.3 Å². The van der Waals surface area contributed by atoms with Crippen molar-refractivity contribution in [2.75, 3.05) is 20.3 Å². The molecule has 25 heavy (non-hydrogen) atoms. The lowest BCUT2D eigenvalue weighted by Crippen LogP contribution is -2.20. The number of nitrogens with one attached hydrogen (secondary N) is 1. The normalized spacial score (nSPS) is 15.4. The van der Waals surface area contributed by atoms with Crippen LogP contribution in [0.3, 0.4) is 0 Å². The van der Waals surface area contributed by atoms with E-state index in [1.807, 2.05) is 24.3 Å². The summed E-state index contributed by atoms with van der Waals surface area (Å²) >= 11 is 0. The van der Waals surface area contributed by atoms with Crippen LogP contribution < -0.4 is 10.1 Å². The maximum absolute atomic E-state index is 11.9. The largest absolute Gasteiger partial charge is 0.497 e. The van der Waals surface area contributed by atoms with E-state index in [9.17, 15) is 4.79 Å². The molecule has 0 radical (unpaired) electrons. The van der Waals surface area contributed by atoms with Gasteiger partial charge in [-0.3, -0.25) is 4.79 Å². The van der Waals surface area contributed by atoms with Crippen LogP contribution in [0.4, 0.5) is 0 Å². The minimum absolute atomic E-state index is 0.206. The molecule has 0 saturated carbocycles. The van der Waals surface area contributed by atoms with E-state index in [4.69, 9.17) is 14.0 Å². The van der Waals surface area contributed by atoms with Crippen LogP contribution in [-0.2, 0) is 16.1 Å². The first-order valence-electron chi connectivity index (χ1n) is 8.25. The number of ether oxygens (including phenoxy) is 2. The number of hydrogen-bond donors (Lipinski definition) is 1. The molecular weight excluding hydrogens is 322 g/mol. The SMILES string of the molecule is COc1cccc(C=CC(=O)NCc2nc(C3CCOCC3)no2)c1. The number of amides is 1. The average molecular weight is 343 g/mol. The summed E-state index contributed by atoms with van der Waals surface area (Å²) in [5, 5.41) is 6.74. The van der Waals surface area contributed by atoms with Gasteiger partial charge in [0.15, 0.2) is 5.82 Å². The second-order valence-corrected chi connectivity index (χ2v) is 5.76. The second kappa shape index (κ2) is 8.43. The Morgan fingerprint density at radius 1 is 1.40 bits per heavy atom. The molecule has 1 N–H and O–H groups in total. The predicted octanol–water partition coefficient (Wildman–Crippen LogP) is 2.30. The summed E-state index contributed by atoms with van der Waals surface area (Å²) in [7, 11) is 1.61. The lowest BCUT2D eigenvalue weighted by molar-refractivity contribution is -0.116. The van der Waals surface area contributed by atoms with Gasteiger partial charge in [0, 0.05) is 25.2 Å². The highest BCUT2D eigenvalue weighted by atomic mass is 16.5. The molecule has 1 aliphatic rings. The summed E-state index contributed by atoms with van der Waals surface area (Å²) in [5.41, 5.74) is 0.883. The molecule has 0 aliphatic carbocycles. The van der Waals surface area contributed by atoms with E-state index < -0.39 is 0 Å². The van der Waals surface area contributed by atoms with Crippen molar-refractivity contribution >= 4 is 12.0 Å². The van der Waals surface area contributed by atoms with Crippen molar-refractivity contribution in [3.63, 3.8) is 0 Å². The zero-order valence-corrected chi connectivity index (χ0v) is 14.1. The summed E-state index contributed by atoms with van der Waals surface area (Å²) in [6.07, 6.45) is 4.98. The van der Waals surface area contributed by atoms with E-state index in [1.54, 1.807) is 13.2 Å². The lowest BCUT2D eigenvalue weighted by atomic mass is 10.00. The van der Waals surface area contributed by atoms with Gasteiger partial charge in [0.1, 0.15) is 5.75 Å². The second-order valence-electron chi connectivity index (χ2n) is 5.76. The van der Waals surface area contributed by atoms with Crippen LogP contribution in [0.2, 0.25) is 0 Å². The monoisotopic (exact) mass is 343 g/mol. The third-order valence-electron chi connectivity index (χ3n) is 4.01. The Kier molecular flexibility index (Phi) is 5.79. The zero-order valence-electron chi connectivity index (χ0n) is 14.1. The zero-order chi connectivity index (χ0) is 17.5. The van der Waals surface area contributed by atoms with E-state index >= 15 is 0 Å². The molecule has 3 rings (SSSR count). The van der Waals surface area contributed by atoms with Crippen LogP contribution in [-0.4, -0.2) is 36.4 Å². The van der Waals surface area contributed by atoms with E-state index in [2.05, 4.69) is 15.5 Å². The first kappa shape index (κ1) is 17.2. The Morgan fingerprint density at radius 3 is 3.04 bits per heavy atom. The van der Waals surface area contributed by atoms with Crippen molar-refractivity contribution in [1.82, 2.24) is 15.5 Å². The molecule has 0 bridgehead atoms.